The van der Waals surface area contributed by atoms with E-state index in [0.717, 1.165) is 41.7 Å². The molecular formula is C31H43NO5. The predicted octanol–water partition coefficient (Wildman–Crippen LogP) is 6.23. The molecule has 1 N–H and O–H groups in total. The number of Topliss-reactive ketones (excluding diaryl/α,β-unsaturated/α-hetero) is 1. The maximum atomic E-state index is 12.3. The average molecular weight is 510 g/mol. The molecule has 0 aliphatic heterocycles. The highest BCUT2D eigenvalue weighted by Crippen LogP contribution is 2.42. The summed E-state index contributed by atoms with van der Waals surface area (Å²) in [5.41, 5.74) is 4.71. The van der Waals surface area contributed by atoms with Crippen molar-refractivity contribution in [1.29, 1.82) is 0 Å². The largest absolute Gasteiger partial charge is 0.486 e. The van der Waals surface area contributed by atoms with Crippen LogP contribution >= 0.6 is 0 Å². The molecule has 2 aromatic carbocycles. The molecule has 0 bridgehead atoms. The number of rotatable bonds is 12. The van der Waals surface area contributed by atoms with Gasteiger partial charge in [0.1, 0.15) is 18.9 Å². The first-order valence-corrected chi connectivity index (χ1v) is 13.1. The zero-order chi connectivity index (χ0) is 28.0. The number of benzene rings is 2. The molecule has 0 saturated heterocycles. The number of carboxylic acids is 1. The number of hydrogen-bond acceptors (Lipinski definition) is 4. The minimum Gasteiger partial charge on any atom is -0.486 e. The number of aliphatic carboxylic acids is 1. The summed E-state index contributed by atoms with van der Waals surface area (Å²) in [7, 11) is 0. The first-order chi connectivity index (χ1) is 17.2. The fraction of sp³-hybridized carbons (Fsp3) is 0.516. The van der Waals surface area contributed by atoms with E-state index in [1.165, 1.54) is 23.0 Å². The van der Waals surface area contributed by atoms with E-state index in [-0.39, 0.29) is 36.8 Å². The second-order valence-electron chi connectivity index (χ2n) is 11.0. The van der Waals surface area contributed by atoms with Gasteiger partial charge in [0.25, 0.3) is 0 Å². The van der Waals surface area contributed by atoms with Gasteiger partial charge in [0.15, 0.2) is 5.78 Å². The summed E-state index contributed by atoms with van der Waals surface area (Å²) in [5, 5.41) is 9.17. The molecule has 1 unspecified atom stereocenters. The molecule has 2 aromatic rings. The third kappa shape index (κ3) is 7.43. The Kier molecular flexibility index (Phi) is 10.1. The normalized spacial score (nSPS) is 13.1. The molecule has 0 aliphatic rings. The van der Waals surface area contributed by atoms with Gasteiger partial charge in [-0.2, -0.15) is 0 Å². The summed E-state index contributed by atoms with van der Waals surface area (Å²) in [5.74, 6) is -0.506. The van der Waals surface area contributed by atoms with E-state index in [1.807, 2.05) is 46.8 Å². The fourth-order valence-electron chi connectivity index (χ4n) is 4.75. The Morgan fingerprint density at radius 2 is 1.54 bits per heavy atom. The van der Waals surface area contributed by atoms with E-state index < -0.39 is 11.4 Å². The molecule has 0 heterocycles. The Morgan fingerprint density at radius 3 is 2.00 bits per heavy atom. The van der Waals surface area contributed by atoms with E-state index in [4.69, 9.17) is 9.84 Å². The zero-order valence-corrected chi connectivity index (χ0v) is 23.7. The highest BCUT2D eigenvalue weighted by Gasteiger charge is 2.33. The van der Waals surface area contributed by atoms with Crippen molar-refractivity contribution in [2.75, 3.05) is 13.2 Å². The monoisotopic (exact) mass is 509 g/mol. The zero-order valence-electron chi connectivity index (χ0n) is 23.7. The summed E-state index contributed by atoms with van der Waals surface area (Å²) >= 11 is 0. The van der Waals surface area contributed by atoms with E-state index in [1.54, 1.807) is 0 Å². The van der Waals surface area contributed by atoms with Crippen molar-refractivity contribution < 1.29 is 24.2 Å². The fourth-order valence-corrected chi connectivity index (χ4v) is 4.75. The molecule has 1 amide bonds. The lowest BCUT2D eigenvalue weighted by Gasteiger charge is -2.35. The minimum atomic E-state index is -1.03. The van der Waals surface area contributed by atoms with Gasteiger partial charge in [-0.3, -0.25) is 14.4 Å². The van der Waals surface area contributed by atoms with Gasteiger partial charge in [-0.1, -0.05) is 71.4 Å². The van der Waals surface area contributed by atoms with Crippen LogP contribution in [0.15, 0.2) is 36.4 Å². The van der Waals surface area contributed by atoms with E-state index in [9.17, 15) is 14.4 Å². The van der Waals surface area contributed by atoms with Crippen LogP contribution in [-0.2, 0) is 26.3 Å². The predicted molar refractivity (Wildman–Crippen MR) is 147 cm³/mol. The Balaban J connectivity index is 2.42. The number of aryl methyl sites for hydroxylation is 2. The molecule has 0 aromatic heterocycles. The van der Waals surface area contributed by atoms with Crippen LogP contribution in [0.5, 0.6) is 5.75 Å². The number of ether oxygens (including phenoxy) is 1. The number of carbonyl (C=O) groups excluding carboxylic acids is 2. The van der Waals surface area contributed by atoms with E-state index in [2.05, 4.69) is 38.1 Å². The van der Waals surface area contributed by atoms with Crippen molar-refractivity contribution in [3.63, 3.8) is 0 Å². The summed E-state index contributed by atoms with van der Waals surface area (Å²) in [6.07, 6.45) is 2.87. The van der Waals surface area contributed by atoms with Crippen molar-refractivity contribution >= 4 is 17.7 Å². The van der Waals surface area contributed by atoms with Crippen molar-refractivity contribution in [3.05, 3.63) is 64.2 Å². The van der Waals surface area contributed by atoms with Crippen molar-refractivity contribution in [3.8, 4) is 5.75 Å². The van der Waals surface area contributed by atoms with E-state index in [0.29, 0.717) is 0 Å². The number of carboxylic acid groups (broad SMARTS) is 1. The van der Waals surface area contributed by atoms with Crippen LogP contribution in [0.25, 0.3) is 0 Å². The summed E-state index contributed by atoms with van der Waals surface area (Å²) < 4.78 is 5.89. The van der Waals surface area contributed by atoms with Gasteiger partial charge in [-0.25, -0.2) is 0 Å². The standard InChI is InChI=1S/C31H43NO5/c1-9-15-31(10-2,26-13-14-27(22(4)17-26)37-20-28(34)30(6,7)8)25-12-11-24(21(3)16-25)18-32(23(5)33)19-29(35)36/h11-14,16-17H,9-10,15,18-20H2,1-8H3,(H,35,36). The first-order valence-electron chi connectivity index (χ1n) is 13.1. The summed E-state index contributed by atoms with van der Waals surface area (Å²) in [6.45, 7) is 15.5. The second-order valence-corrected chi connectivity index (χ2v) is 11.0. The first kappa shape index (κ1) is 30.1. The molecular weight excluding hydrogens is 466 g/mol. The molecule has 2 rings (SSSR count). The molecule has 0 radical (unpaired) electrons. The maximum absolute atomic E-state index is 12.3. The van der Waals surface area contributed by atoms with Gasteiger partial charge < -0.3 is 14.7 Å². The molecule has 6 nitrogen and oxygen atoms in total. The Morgan fingerprint density at radius 1 is 0.946 bits per heavy atom. The van der Waals surface area contributed by atoms with Crippen LogP contribution in [-0.4, -0.2) is 40.8 Å². The van der Waals surface area contributed by atoms with Crippen molar-refractivity contribution in [2.24, 2.45) is 5.41 Å². The number of carbonyl (C=O) groups is 3. The van der Waals surface area contributed by atoms with Crippen LogP contribution in [0.2, 0.25) is 0 Å². The van der Waals surface area contributed by atoms with Gasteiger partial charge in [0.05, 0.1) is 0 Å². The van der Waals surface area contributed by atoms with Crippen LogP contribution in [0.1, 0.15) is 88.6 Å². The van der Waals surface area contributed by atoms with Gasteiger partial charge >= 0.3 is 5.97 Å². The van der Waals surface area contributed by atoms with Crippen molar-refractivity contribution in [2.45, 2.75) is 86.6 Å². The van der Waals surface area contributed by atoms with Crippen LogP contribution in [0.3, 0.4) is 0 Å². The van der Waals surface area contributed by atoms with Crippen LogP contribution in [0.4, 0.5) is 0 Å². The molecule has 202 valence electrons. The maximum Gasteiger partial charge on any atom is 0.323 e. The van der Waals surface area contributed by atoms with Crippen LogP contribution in [0, 0.1) is 19.3 Å². The molecule has 0 aliphatic carbocycles. The van der Waals surface area contributed by atoms with Crippen LogP contribution < -0.4 is 4.74 Å². The summed E-state index contributed by atoms with van der Waals surface area (Å²) in [6, 6.07) is 12.6. The van der Waals surface area contributed by atoms with Gasteiger partial charge in [0.2, 0.25) is 5.91 Å². The molecule has 37 heavy (non-hydrogen) atoms. The Labute approximate surface area is 222 Å². The van der Waals surface area contributed by atoms with Gasteiger partial charge in [-0.15, -0.1) is 0 Å². The Hall–Kier alpha value is -3.15. The molecule has 0 fully saturated rings. The molecule has 6 heteroatoms. The molecule has 0 spiro atoms. The second kappa shape index (κ2) is 12.4. The molecule has 1 atom stereocenters. The third-order valence-corrected chi connectivity index (χ3v) is 7.23. The average Bonchev–Trinajstić information content (AvgIpc) is 2.81. The quantitative estimate of drug-likeness (QED) is 0.367. The lowest BCUT2D eigenvalue weighted by Crippen LogP contribution is -2.33. The van der Waals surface area contributed by atoms with Gasteiger partial charge in [-0.05, 0) is 60.6 Å². The lowest BCUT2D eigenvalue weighted by molar-refractivity contribution is -0.144. The summed E-state index contributed by atoms with van der Waals surface area (Å²) in [4.78, 5) is 36.8. The smallest absolute Gasteiger partial charge is 0.323 e. The third-order valence-electron chi connectivity index (χ3n) is 7.23. The number of ketones is 1. The lowest BCUT2D eigenvalue weighted by atomic mass is 9.69. The van der Waals surface area contributed by atoms with Crippen molar-refractivity contribution in [1.82, 2.24) is 4.90 Å². The highest BCUT2D eigenvalue weighted by molar-refractivity contribution is 5.85. The topological polar surface area (TPSA) is 83.9 Å². The highest BCUT2D eigenvalue weighted by atomic mass is 16.5. The number of hydrogen-bond donors (Lipinski definition) is 1. The minimum absolute atomic E-state index is 0.0530. The number of nitrogens with zero attached hydrogens (tertiary/aromatic N) is 1. The Bertz CT molecular complexity index is 1130. The SMILES string of the molecule is CCCC(CC)(c1ccc(CN(CC(=O)O)C(C)=O)c(C)c1)c1ccc(OCC(=O)C(C)(C)C)c(C)c1. The number of amides is 1. The van der Waals surface area contributed by atoms with Gasteiger partial charge in [0, 0.05) is 24.3 Å². The van der Waals surface area contributed by atoms with E-state index >= 15 is 0 Å². The molecule has 0 saturated carbocycles.